The Hall–Kier alpha value is -1.83. The summed E-state index contributed by atoms with van der Waals surface area (Å²) >= 11 is 0. The van der Waals surface area contributed by atoms with E-state index in [4.69, 9.17) is 9.47 Å². The second-order valence-corrected chi connectivity index (χ2v) is 9.58. The van der Waals surface area contributed by atoms with Crippen LogP contribution in [0, 0.1) is 11.8 Å². The van der Waals surface area contributed by atoms with Crippen molar-refractivity contribution in [2.45, 2.75) is 72.7 Å². The third-order valence-corrected chi connectivity index (χ3v) is 4.35. The zero-order valence-electron chi connectivity index (χ0n) is 18.4. The van der Waals surface area contributed by atoms with Crippen LogP contribution in [0.1, 0.15) is 55.4 Å². The van der Waals surface area contributed by atoms with E-state index in [2.05, 4.69) is 0 Å². The minimum Gasteiger partial charge on any atom is -0.444 e. The summed E-state index contributed by atoms with van der Waals surface area (Å²) in [6.45, 7) is 16.5. The molecule has 2 rings (SSSR count). The van der Waals surface area contributed by atoms with Crippen LogP contribution in [-0.4, -0.2) is 76.4 Å². The lowest BCUT2D eigenvalue weighted by Crippen LogP contribution is -2.54. The van der Waals surface area contributed by atoms with Gasteiger partial charge in [0.15, 0.2) is 0 Å². The van der Waals surface area contributed by atoms with Gasteiger partial charge in [0.1, 0.15) is 17.0 Å². The van der Waals surface area contributed by atoms with Gasteiger partial charge in [-0.25, -0.2) is 9.59 Å². The van der Waals surface area contributed by atoms with Crippen LogP contribution in [-0.2, 0) is 14.3 Å². The van der Waals surface area contributed by atoms with Gasteiger partial charge in [-0.1, -0.05) is 0 Å². The molecule has 0 aromatic heterocycles. The highest BCUT2D eigenvalue weighted by Gasteiger charge is 2.36. The normalized spacial score (nSPS) is 18.9. The van der Waals surface area contributed by atoms with Gasteiger partial charge in [0.05, 0.1) is 12.0 Å². The Kier molecular flexibility index (Phi) is 7.88. The van der Waals surface area contributed by atoms with Crippen LogP contribution in [0.5, 0.6) is 0 Å². The number of rotatable bonds is 2. The van der Waals surface area contributed by atoms with Crippen LogP contribution in [0.2, 0.25) is 0 Å². The first-order valence-corrected chi connectivity index (χ1v) is 9.73. The Morgan fingerprint density at radius 1 is 0.857 bits per heavy atom. The van der Waals surface area contributed by atoms with E-state index >= 15 is 0 Å². The Morgan fingerprint density at radius 2 is 1.21 bits per heavy atom. The van der Waals surface area contributed by atoms with E-state index in [9.17, 15) is 19.5 Å². The molecule has 0 bridgehead atoms. The van der Waals surface area contributed by atoms with Crippen LogP contribution in [0.25, 0.3) is 0 Å². The summed E-state index contributed by atoms with van der Waals surface area (Å²) in [5.74, 6) is 0.370. The smallest absolute Gasteiger partial charge is 0.410 e. The van der Waals surface area contributed by atoms with Crippen molar-refractivity contribution in [1.29, 1.82) is 0 Å². The summed E-state index contributed by atoms with van der Waals surface area (Å²) < 4.78 is 10.3. The van der Waals surface area contributed by atoms with E-state index in [1.54, 1.807) is 23.6 Å². The molecule has 8 heteroatoms. The van der Waals surface area contributed by atoms with Gasteiger partial charge in [-0.3, -0.25) is 4.79 Å². The topological polar surface area (TPSA) is 96.4 Å². The summed E-state index contributed by atoms with van der Waals surface area (Å²) in [5.41, 5.74) is -0.897. The molecule has 0 saturated carbocycles. The van der Waals surface area contributed by atoms with Gasteiger partial charge in [0.2, 0.25) is 0 Å². The van der Waals surface area contributed by atoms with Crippen molar-refractivity contribution in [3.05, 3.63) is 0 Å². The quantitative estimate of drug-likeness (QED) is 0.765. The third-order valence-electron chi connectivity index (χ3n) is 4.35. The van der Waals surface area contributed by atoms with Crippen molar-refractivity contribution in [2.24, 2.45) is 11.8 Å². The second kappa shape index (κ2) is 9.11. The maximum absolute atomic E-state index is 11.4. The average Bonchev–Trinajstić information content (AvgIpc) is 2.29. The van der Waals surface area contributed by atoms with Crippen LogP contribution in [0.3, 0.4) is 0 Å². The number of aliphatic hydroxyl groups excluding tert-OH is 1. The number of ketones is 1. The Bertz CT molecular complexity index is 564. The fourth-order valence-corrected chi connectivity index (χ4v) is 2.50. The van der Waals surface area contributed by atoms with Crippen LogP contribution < -0.4 is 0 Å². The molecule has 1 atom stereocenters. The lowest BCUT2D eigenvalue weighted by Gasteiger charge is -2.41. The highest BCUT2D eigenvalue weighted by molar-refractivity contribution is 5.82. The molecule has 1 unspecified atom stereocenters. The SMILES string of the molecule is CC(=O)C1CN(C(=O)OC(C)(C)C)C1.CC(O)C1CN(C(=O)OC(C)(C)C)C1. The molecule has 0 aromatic carbocycles. The van der Waals surface area contributed by atoms with Gasteiger partial charge < -0.3 is 24.4 Å². The molecule has 2 aliphatic heterocycles. The van der Waals surface area contributed by atoms with Gasteiger partial charge >= 0.3 is 12.2 Å². The van der Waals surface area contributed by atoms with Crippen LogP contribution >= 0.6 is 0 Å². The molecule has 2 fully saturated rings. The highest BCUT2D eigenvalue weighted by atomic mass is 16.6. The molecule has 0 aliphatic carbocycles. The molecular weight excluding hydrogens is 364 g/mol. The fourth-order valence-electron chi connectivity index (χ4n) is 2.50. The highest BCUT2D eigenvalue weighted by Crippen LogP contribution is 2.22. The zero-order chi connectivity index (χ0) is 21.9. The molecule has 2 aliphatic rings. The number of aliphatic hydroxyl groups is 1. The number of carbonyl (C=O) groups excluding carboxylic acids is 3. The van der Waals surface area contributed by atoms with E-state index in [0.717, 1.165) is 0 Å². The molecule has 2 heterocycles. The number of hydrogen-bond acceptors (Lipinski definition) is 6. The molecule has 0 aromatic rings. The van der Waals surface area contributed by atoms with Crippen molar-refractivity contribution in [3.8, 4) is 0 Å². The van der Waals surface area contributed by atoms with Crippen molar-refractivity contribution in [2.75, 3.05) is 26.2 Å². The van der Waals surface area contributed by atoms with Gasteiger partial charge in [0, 0.05) is 32.1 Å². The first-order valence-electron chi connectivity index (χ1n) is 9.73. The average molecular weight is 401 g/mol. The van der Waals surface area contributed by atoms with Gasteiger partial charge in [-0.2, -0.15) is 0 Å². The molecule has 2 amide bonds. The predicted octanol–water partition coefficient (Wildman–Crippen LogP) is 2.68. The monoisotopic (exact) mass is 400 g/mol. The summed E-state index contributed by atoms with van der Waals surface area (Å²) in [6, 6.07) is 0. The number of ether oxygens (including phenoxy) is 2. The van der Waals surface area contributed by atoms with Crippen molar-refractivity contribution < 1.29 is 29.0 Å². The number of Topliss-reactive ketones (excluding diaryl/α,β-unsaturated/α-hetero) is 1. The van der Waals surface area contributed by atoms with E-state index in [1.807, 2.05) is 41.5 Å². The Labute approximate surface area is 168 Å². The van der Waals surface area contributed by atoms with Crippen LogP contribution in [0.15, 0.2) is 0 Å². The lowest BCUT2D eigenvalue weighted by molar-refractivity contribution is -0.125. The second-order valence-electron chi connectivity index (χ2n) is 9.58. The largest absolute Gasteiger partial charge is 0.444 e. The molecule has 28 heavy (non-hydrogen) atoms. The maximum atomic E-state index is 11.4. The minimum absolute atomic E-state index is 0.0162. The Morgan fingerprint density at radius 3 is 1.50 bits per heavy atom. The van der Waals surface area contributed by atoms with Crippen molar-refractivity contribution >= 4 is 18.0 Å². The molecule has 8 nitrogen and oxygen atoms in total. The number of carbonyl (C=O) groups is 3. The minimum atomic E-state index is -0.460. The van der Waals surface area contributed by atoms with Crippen molar-refractivity contribution in [1.82, 2.24) is 9.80 Å². The summed E-state index contributed by atoms with van der Waals surface area (Å²) in [6.07, 6.45) is -0.946. The van der Waals surface area contributed by atoms with Crippen LogP contribution in [0.4, 0.5) is 9.59 Å². The standard InChI is InChI=1S/C10H19NO3.C10H17NO3/c2*1-7(12)8-5-11(6-8)9(13)14-10(2,3)4/h7-8,12H,5-6H2,1-4H3;8H,5-6H2,1-4H3. The molecular formula is C20H36N2O6. The van der Waals surface area contributed by atoms with E-state index in [1.165, 1.54) is 0 Å². The number of hydrogen-bond donors (Lipinski definition) is 1. The van der Waals surface area contributed by atoms with Crippen molar-refractivity contribution in [3.63, 3.8) is 0 Å². The Balaban J connectivity index is 0.000000280. The van der Waals surface area contributed by atoms with Gasteiger partial charge in [0.25, 0.3) is 0 Å². The first kappa shape index (κ1) is 24.2. The van der Waals surface area contributed by atoms with E-state index in [0.29, 0.717) is 26.2 Å². The lowest BCUT2D eigenvalue weighted by atomic mass is 9.95. The molecule has 1 N–H and O–H groups in total. The third kappa shape index (κ3) is 8.04. The number of likely N-dealkylation sites (tertiary alicyclic amines) is 2. The predicted molar refractivity (Wildman–Crippen MR) is 105 cm³/mol. The van der Waals surface area contributed by atoms with Gasteiger partial charge in [-0.05, 0) is 55.4 Å². The van der Waals surface area contributed by atoms with E-state index in [-0.39, 0.29) is 35.9 Å². The molecule has 162 valence electrons. The number of amides is 2. The molecule has 0 radical (unpaired) electrons. The maximum Gasteiger partial charge on any atom is 0.410 e. The number of nitrogens with zero attached hydrogens (tertiary/aromatic N) is 2. The molecule has 2 saturated heterocycles. The summed E-state index contributed by atoms with van der Waals surface area (Å²) in [7, 11) is 0. The fraction of sp³-hybridized carbons (Fsp3) is 0.850. The van der Waals surface area contributed by atoms with E-state index < -0.39 is 11.2 Å². The summed E-state index contributed by atoms with van der Waals surface area (Å²) in [5, 5.41) is 9.23. The molecule has 0 spiro atoms. The van der Waals surface area contributed by atoms with Gasteiger partial charge in [-0.15, -0.1) is 0 Å². The summed E-state index contributed by atoms with van der Waals surface area (Å²) in [4.78, 5) is 36.9. The first-order chi connectivity index (χ1) is 12.6. The zero-order valence-corrected chi connectivity index (χ0v) is 18.4.